The van der Waals surface area contributed by atoms with Crippen LogP contribution >= 0.6 is 11.3 Å². The van der Waals surface area contributed by atoms with Crippen molar-refractivity contribution in [1.29, 1.82) is 0 Å². The van der Waals surface area contributed by atoms with E-state index in [1.165, 1.54) is 36.4 Å². The van der Waals surface area contributed by atoms with E-state index in [1.54, 1.807) is 11.3 Å². The Morgan fingerprint density at radius 1 is 1.21 bits per heavy atom. The molecule has 1 aromatic carbocycles. The first-order valence-electron chi connectivity index (χ1n) is 10.5. The Balaban J connectivity index is 1.41. The number of thiophene rings is 1. The highest BCUT2D eigenvalue weighted by molar-refractivity contribution is 7.10. The van der Waals surface area contributed by atoms with Gasteiger partial charge in [-0.3, -0.25) is 4.90 Å². The monoisotopic (exact) mass is 414 g/mol. The van der Waals surface area contributed by atoms with Crippen LogP contribution in [0.25, 0.3) is 0 Å². The van der Waals surface area contributed by atoms with Crippen molar-refractivity contribution in [2.24, 2.45) is 5.92 Å². The lowest BCUT2D eigenvalue weighted by molar-refractivity contribution is 0.176. The largest absolute Gasteiger partial charge is 0.336 e. The van der Waals surface area contributed by atoms with Gasteiger partial charge in [-0.1, -0.05) is 37.3 Å². The van der Waals surface area contributed by atoms with Crippen molar-refractivity contribution in [2.45, 2.75) is 38.9 Å². The van der Waals surface area contributed by atoms with Crippen LogP contribution in [-0.2, 0) is 13.1 Å². The molecule has 1 aliphatic heterocycles. The predicted molar refractivity (Wildman–Crippen MR) is 121 cm³/mol. The molecule has 2 aromatic rings. The second kappa shape index (κ2) is 10.8. The summed E-state index contributed by atoms with van der Waals surface area (Å²) < 4.78 is 0. The van der Waals surface area contributed by atoms with Gasteiger partial charge in [0.15, 0.2) is 0 Å². The van der Waals surface area contributed by atoms with Crippen molar-refractivity contribution in [3.05, 3.63) is 57.8 Å². The smallest absolute Gasteiger partial charge is 0.315 e. The van der Waals surface area contributed by atoms with Gasteiger partial charge in [0.1, 0.15) is 0 Å². The van der Waals surface area contributed by atoms with Crippen LogP contribution < -0.4 is 10.6 Å². The highest BCUT2D eigenvalue weighted by Gasteiger charge is 2.17. The van der Waals surface area contributed by atoms with E-state index in [9.17, 15) is 4.79 Å². The SMILES string of the molecule is C[C@@H]1CCCN(Cc2ccc(CNC(=O)NC[C@@H](c3cccs3)N(C)C)cc2)C1. The lowest BCUT2D eigenvalue weighted by Crippen LogP contribution is -2.40. The van der Waals surface area contributed by atoms with Crippen LogP contribution in [-0.4, -0.2) is 49.6 Å². The number of benzene rings is 1. The van der Waals surface area contributed by atoms with Crippen molar-refractivity contribution in [3.8, 4) is 0 Å². The van der Waals surface area contributed by atoms with E-state index in [-0.39, 0.29) is 12.1 Å². The second-order valence-corrected chi connectivity index (χ2v) is 9.34. The Hall–Kier alpha value is -1.89. The zero-order valence-corrected chi connectivity index (χ0v) is 18.7. The van der Waals surface area contributed by atoms with E-state index in [1.807, 2.05) is 20.2 Å². The fraction of sp³-hybridized carbons (Fsp3) is 0.522. The summed E-state index contributed by atoms with van der Waals surface area (Å²) in [6, 6.07) is 12.8. The van der Waals surface area contributed by atoms with Crippen LogP contribution in [0.3, 0.4) is 0 Å². The molecule has 0 aliphatic carbocycles. The van der Waals surface area contributed by atoms with Crippen LogP contribution in [0.5, 0.6) is 0 Å². The Morgan fingerprint density at radius 3 is 2.62 bits per heavy atom. The summed E-state index contributed by atoms with van der Waals surface area (Å²) in [7, 11) is 4.08. The lowest BCUT2D eigenvalue weighted by Gasteiger charge is -2.30. The third-order valence-corrected chi connectivity index (χ3v) is 6.55. The maximum atomic E-state index is 12.2. The molecular formula is C23H34N4OS. The topological polar surface area (TPSA) is 47.6 Å². The molecule has 1 saturated heterocycles. The molecule has 0 unspecified atom stereocenters. The van der Waals surface area contributed by atoms with Gasteiger partial charge in [-0.15, -0.1) is 11.3 Å². The number of carbonyl (C=O) groups is 1. The fourth-order valence-electron chi connectivity index (χ4n) is 3.90. The summed E-state index contributed by atoms with van der Waals surface area (Å²) in [4.78, 5) is 18.2. The maximum Gasteiger partial charge on any atom is 0.315 e. The van der Waals surface area contributed by atoms with E-state index in [0.29, 0.717) is 13.1 Å². The summed E-state index contributed by atoms with van der Waals surface area (Å²) in [6.45, 7) is 6.89. The maximum absolute atomic E-state index is 12.2. The average Bonchev–Trinajstić information content (AvgIpc) is 3.22. The van der Waals surface area contributed by atoms with Crippen molar-refractivity contribution in [2.75, 3.05) is 33.7 Å². The van der Waals surface area contributed by atoms with Gasteiger partial charge in [-0.2, -0.15) is 0 Å². The van der Waals surface area contributed by atoms with Gasteiger partial charge in [0, 0.05) is 31.1 Å². The van der Waals surface area contributed by atoms with E-state index in [4.69, 9.17) is 0 Å². The minimum absolute atomic E-state index is 0.125. The molecule has 0 spiro atoms. The molecule has 1 aliphatic rings. The molecular weight excluding hydrogens is 380 g/mol. The molecule has 0 radical (unpaired) electrons. The summed E-state index contributed by atoms with van der Waals surface area (Å²) in [6.07, 6.45) is 2.66. The van der Waals surface area contributed by atoms with Crippen LogP contribution in [0.15, 0.2) is 41.8 Å². The first kappa shape index (κ1) is 21.8. The van der Waals surface area contributed by atoms with Crippen molar-refractivity contribution in [1.82, 2.24) is 20.4 Å². The molecule has 0 bridgehead atoms. The third kappa shape index (κ3) is 6.84. The van der Waals surface area contributed by atoms with Crippen LogP contribution in [0.4, 0.5) is 4.79 Å². The quantitative estimate of drug-likeness (QED) is 0.684. The Morgan fingerprint density at radius 2 is 1.97 bits per heavy atom. The molecule has 1 aromatic heterocycles. The van der Waals surface area contributed by atoms with Gasteiger partial charge < -0.3 is 15.5 Å². The minimum atomic E-state index is -0.125. The average molecular weight is 415 g/mol. The van der Waals surface area contributed by atoms with Crippen LogP contribution in [0.2, 0.25) is 0 Å². The zero-order valence-electron chi connectivity index (χ0n) is 17.9. The molecule has 2 amide bonds. The first-order valence-corrected chi connectivity index (χ1v) is 11.4. The summed E-state index contributed by atoms with van der Waals surface area (Å²) in [5.74, 6) is 0.803. The number of likely N-dealkylation sites (tertiary alicyclic amines) is 1. The highest BCUT2D eigenvalue weighted by atomic mass is 32.1. The molecule has 2 N–H and O–H groups in total. The fourth-order valence-corrected chi connectivity index (χ4v) is 4.83. The van der Waals surface area contributed by atoms with Gasteiger partial charge in [-0.25, -0.2) is 4.79 Å². The molecule has 6 heteroatoms. The zero-order chi connectivity index (χ0) is 20.6. The lowest BCUT2D eigenvalue weighted by atomic mass is 9.99. The number of likely N-dealkylation sites (N-methyl/N-ethyl adjacent to an activating group) is 1. The van der Waals surface area contributed by atoms with Gasteiger partial charge in [-0.05, 0) is 62.0 Å². The second-order valence-electron chi connectivity index (χ2n) is 8.36. The van der Waals surface area contributed by atoms with Crippen molar-refractivity contribution in [3.63, 3.8) is 0 Å². The molecule has 158 valence electrons. The summed E-state index contributed by atoms with van der Waals surface area (Å²) in [5, 5.41) is 8.04. The molecule has 29 heavy (non-hydrogen) atoms. The van der Waals surface area contributed by atoms with Crippen molar-refractivity contribution < 1.29 is 4.79 Å². The van der Waals surface area contributed by atoms with Gasteiger partial charge >= 0.3 is 6.03 Å². The number of urea groups is 1. The Kier molecular flexibility index (Phi) is 8.09. The molecule has 1 fully saturated rings. The van der Waals surface area contributed by atoms with Gasteiger partial charge in [0.25, 0.3) is 0 Å². The number of hydrogen-bond donors (Lipinski definition) is 2. The number of nitrogens with one attached hydrogen (secondary N) is 2. The van der Waals surface area contributed by atoms with Crippen molar-refractivity contribution >= 4 is 17.4 Å². The third-order valence-electron chi connectivity index (χ3n) is 5.57. The number of piperidine rings is 1. The Bertz CT molecular complexity index is 745. The molecule has 0 saturated carbocycles. The van der Waals surface area contributed by atoms with E-state index in [2.05, 4.69) is 63.1 Å². The minimum Gasteiger partial charge on any atom is -0.336 e. The van der Waals surface area contributed by atoms with Gasteiger partial charge in [0.2, 0.25) is 0 Å². The number of amides is 2. The first-order chi connectivity index (χ1) is 14.0. The molecule has 3 rings (SSSR count). The Labute approximate surface area is 179 Å². The molecule has 5 nitrogen and oxygen atoms in total. The number of carbonyl (C=O) groups excluding carboxylic acids is 1. The van der Waals surface area contributed by atoms with Crippen LogP contribution in [0, 0.1) is 5.92 Å². The standard InChI is InChI=1S/C23H34N4OS/c1-18-6-4-12-27(16-18)17-20-10-8-19(9-11-20)14-24-23(28)25-15-21(26(2)3)22-7-5-13-29-22/h5,7-11,13,18,21H,4,6,12,14-17H2,1-3H3,(H2,24,25,28)/t18-,21+/m1/s1. The summed E-state index contributed by atoms with van der Waals surface area (Å²) >= 11 is 1.72. The number of nitrogens with zero attached hydrogens (tertiary/aromatic N) is 2. The summed E-state index contributed by atoms with van der Waals surface area (Å²) in [5.41, 5.74) is 2.47. The predicted octanol–water partition coefficient (Wildman–Crippen LogP) is 4.08. The van der Waals surface area contributed by atoms with E-state index in [0.717, 1.165) is 18.0 Å². The van der Waals surface area contributed by atoms with E-state index >= 15 is 0 Å². The normalized spacial score (nSPS) is 18.6. The van der Waals surface area contributed by atoms with E-state index < -0.39 is 0 Å². The molecule has 2 heterocycles. The molecule has 2 atom stereocenters. The van der Waals surface area contributed by atoms with Gasteiger partial charge in [0.05, 0.1) is 6.04 Å². The number of rotatable bonds is 8. The highest BCUT2D eigenvalue weighted by Crippen LogP contribution is 2.22. The van der Waals surface area contributed by atoms with Crippen LogP contribution in [0.1, 0.15) is 41.8 Å². The number of hydrogen-bond acceptors (Lipinski definition) is 4.